The van der Waals surface area contributed by atoms with E-state index in [1.54, 1.807) is 6.33 Å². The standard InChI is InChI=1S/C15H19N5O2S/c1-3-16-13(21)8-17-14(22)9-23-15-19-18-10-20(15)12-6-4-11(2)5-7-12/h4-7,10H,3,8-9H2,1-2H3,(H,16,21)(H,17,22). The van der Waals surface area contributed by atoms with E-state index in [2.05, 4.69) is 20.8 Å². The average Bonchev–Trinajstić information content (AvgIpc) is 3.00. The molecule has 122 valence electrons. The van der Waals surface area contributed by atoms with Gasteiger partial charge >= 0.3 is 0 Å². The third kappa shape index (κ3) is 5.10. The van der Waals surface area contributed by atoms with Gasteiger partial charge in [-0.05, 0) is 26.0 Å². The quantitative estimate of drug-likeness (QED) is 0.736. The number of carbonyl (C=O) groups is 2. The molecule has 1 aromatic heterocycles. The Kier molecular flexibility index (Phi) is 6.16. The lowest BCUT2D eigenvalue weighted by Crippen LogP contribution is -2.37. The van der Waals surface area contributed by atoms with Gasteiger partial charge in [-0.15, -0.1) is 10.2 Å². The van der Waals surface area contributed by atoms with Crippen LogP contribution in [0.1, 0.15) is 12.5 Å². The first-order valence-electron chi connectivity index (χ1n) is 7.23. The highest BCUT2D eigenvalue weighted by Crippen LogP contribution is 2.19. The largest absolute Gasteiger partial charge is 0.355 e. The fraction of sp³-hybridized carbons (Fsp3) is 0.333. The zero-order valence-corrected chi connectivity index (χ0v) is 13.9. The molecule has 1 heterocycles. The van der Waals surface area contributed by atoms with E-state index in [0.717, 1.165) is 5.69 Å². The second-order valence-corrected chi connectivity index (χ2v) is 5.78. The smallest absolute Gasteiger partial charge is 0.239 e. The summed E-state index contributed by atoms with van der Waals surface area (Å²) in [4.78, 5) is 23.1. The fourth-order valence-corrected chi connectivity index (χ4v) is 2.58. The van der Waals surface area contributed by atoms with Crippen LogP contribution in [0.2, 0.25) is 0 Å². The molecule has 2 amide bonds. The van der Waals surface area contributed by atoms with Crippen LogP contribution in [-0.4, -0.2) is 45.4 Å². The molecule has 2 N–H and O–H groups in total. The third-order valence-electron chi connectivity index (χ3n) is 2.98. The molecule has 0 spiro atoms. The molecule has 0 fully saturated rings. The van der Waals surface area contributed by atoms with Gasteiger partial charge in [0.05, 0.1) is 12.3 Å². The van der Waals surface area contributed by atoms with Gasteiger partial charge in [-0.3, -0.25) is 14.2 Å². The van der Waals surface area contributed by atoms with Crippen LogP contribution in [0.4, 0.5) is 0 Å². The number of likely N-dealkylation sites (N-methyl/N-ethyl adjacent to an activating group) is 1. The van der Waals surface area contributed by atoms with Gasteiger partial charge in [0, 0.05) is 12.2 Å². The predicted octanol–water partition coefficient (Wildman–Crippen LogP) is 0.920. The van der Waals surface area contributed by atoms with E-state index in [4.69, 9.17) is 0 Å². The van der Waals surface area contributed by atoms with E-state index in [1.165, 1.54) is 17.3 Å². The Morgan fingerprint density at radius 1 is 1.17 bits per heavy atom. The van der Waals surface area contributed by atoms with Gasteiger partial charge in [0.15, 0.2) is 5.16 Å². The maximum Gasteiger partial charge on any atom is 0.239 e. The minimum absolute atomic E-state index is 0.0160. The molecule has 0 saturated heterocycles. The molecular weight excluding hydrogens is 314 g/mol. The normalized spacial score (nSPS) is 10.3. The summed E-state index contributed by atoms with van der Waals surface area (Å²) < 4.78 is 1.82. The molecule has 2 aromatic rings. The van der Waals surface area contributed by atoms with E-state index in [1.807, 2.05) is 42.7 Å². The highest BCUT2D eigenvalue weighted by Gasteiger charge is 2.10. The van der Waals surface area contributed by atoms with E-state index < -0.39 is 0 Å². The maximum atomic E-state index is 11.8. The SMILES string of the molecule is CCNC(=O)CNC(=O)CSc1nncn1-c1ccc(C)cc1. The number of benzene rings is 1. The number of hydrogen-bond donors (Lipinski definition) is 2. The molecule has 0 aliphatic carbocycles. The van der Waals surface area contributed by atoms with Crippen molar-refractivity contribution in [2.75, 3.05) is 18.8 Å². The number of thioether (sulfide) groups is 1. The number of aryl methyl sites for hydroxylation is 1. The van der Waals surface area contributed by atoms with Crippen LogP contribution >= 0.6 is 11.8 Å². The van der Waals surface area contributed by atoms with Crippen LogP contribution in [0.5, 0.6) is 0 Å². The summed E-state index contributed by atoms with van der Waals surface area (Å²) >= 11 is 1.27. The minimum atomic E-state index is -0.222. The summed E-state index contributed by atoms with van der Waals surface area (Å²) in [6.07, 6.45) is 1.61. The molecule has 0 radical (unpaired) electrons. The third-order valence-corrected chi connectivity index (χ3v) is 3.92. The monoisotopic (exact) mass is 333 g/mol. The summed E-state index contributed by atoms with van der Waals surface area (Å²) in [5.41, 5.74) is 2.10. The highest BCUT2D eigenvalue weighted by molar-refractivity contribution is 7.99. The Hall–Kier alpha value is -2.35. The Labute approximate surface area is 138 Å². The number of carbonyl (C=O) groups excluding carboxylic acids is 2. The Bertz CT molecular complexity index is 669. The molecule has 8 heteroatoms. The molecule has 2 rings (SSSR count). The van der Waals surface area contributed by atoms with Gasteiger partial charge in [-0.2, -0.15) is 0 Å². The van der Waals surface area contributed by atoms with Crippen LogP contribution in [0, 0.1) is 6.92 Å². The molecule has 1 aromatic carbocycles. The number of aromatic nitrogens is 3. The first-order chi connectivity index (χ1) is 11.1. The summed E-state index contributed by atoms with van der Waals surface area (Å²) in [5.74, 6) is -0.252. The van der Waals surface area contributed by atoms with Crippen LogP contribution < -0.4 is 10.6 Å². The van der Waals surface area contributed by atoms with Gasteiger partial charge in [0.2, 0.25) is 11.8 Å². The van der Waals surface area contributed by atoms with E-state index in [0.29, 0.717) is 11.7 Å². The zero-order valence-electron chi connectivity index (χ0n) is 13.1. The van der Waals surface area contributed by atoms with Gasteiger partial charge in [0.1, 0.15) is 6.33 Å². The van der Waals surface area contributed by atoms with Crippen LogP contribution in [0.25, 0.3) is 5.69 Å². The first kappa shape index (κ1) is 17.0. The van der Waals surface area contributed by atoms with Crippen molar-refractivity contribution in [3.63, 3.8) is 0 Å². The van der Waals surface area contributed by atoms with Crippen LogP contribution in [-0.2, 0) is 9.59 Å². The number of rotatable bonds is 7. The van der Waals surface area contributed by atoms with E-state index >= 15 is 0 Å². The van der Waals surface area contributed by atoms with Crippen molar-refractivity contribution in [2.24, 2.45) is 0 Å². The van der Waals surface area contributed by atoms with Crippen molar-refractivity contribution < 1.29 is 9.59 Å². The highest BCUT2D eigenvalue weighted by atomic mass is 32.2. The molecule has 7 nitrogen and oxygen atoms in total. The van der Waals surface area contributed by atoms with Crippen molar-refractivity contribution in [1.29, 1.82) is 0 Å². The van der Waals surface area contributed by atoms with E-state index in [-0.39, 0.29) is 24.1 Å². The fourth-order valence-electron chi connectivity index (χ4n) is 1.82. The average molecular weight is 333 g/mol. The van der Waals surface area contributed by atoms with Crippen molar-refractivity contribution in [3.8, 4) is 5.69 Å². The van der Waals surface area contributed by atoms with Gasteiger partial charge in [-0.25, -0.2) is 0 Å². The van der Waals surface area contributed by atoms with Gasteiger partial charge in [0.25, 0.3) is 0 Å². The van der Waals surface area contributed by atoms with Crippen LogP contribution in [0.3, 0.4) is 0 Å². The number of hydrogen-bond acceptors (Lipinski definition) is 5. The van der Waals surface area contributed by atoms with Crippen LogP contribution in [0.15, 0.2) is 35.7 Å². The Morgan fingerprint density at radius 3 is 2.61 bits per heavy atom. The van der Waals surface area contributed by atoms with Crippen molar-refractivity contribution >= 4 is 23.6 Å². The summed E-state index contributed by atoms with van der Waals surface area (Å²) in [6.45, 7) is 4.37. The zero-order chi connectivity index (χ0) is 16.7. The minimum Gasteiger partial charge on any atom is -0.355 e. The second kappa shape index (κ2) is 8.33. The lowest BCUT2D eigenvalue weighted by atomic mass is 10.2. The molecule has 0 bridgehead atoms. The van der Waals surface area contributed by atoms with Crippen molar-refractivity contribution in [3.05, 3.63) is 36.2 Å². The summed E-state index contributed by atoms with van der Waals surface area (Å²) in [6, 6.07) is 7.95. The van der Waals surface area contributed by atoms with Gasteiger partial charge < -0.3 is 10.6 Å². The number of nitrogens with zero attached hydrogens (tertiary/aromatic N) is 3. The lowest BCUT2D eigenvalue weighted by molar-refractivity contribution is -0.124. The van der Waals surface area contributed by atoms with E-state index in [9.17, 15) is 9.59 Å². The van der Waals surface area contributed by atoms with Crippen molar-refractivity contribution in [1.82, 2.24) is 25.4 Å². The number of amides is 2. The summed E-state index contributed by atoms with van der Waals surface area (Å²) in [7, 11) is 0. The molecule has 0 atom stereocenters. The lowest BCUT2D eigenvalue weighted by Gasteiger charge is -2.07. The Balaban J connectivity index is 1.89. The topological polar surface area (TPSA) is 88.9 Å². The van der Waals surface area contributed by atoms with Gasteiger partial charge in [-0.1, -0.05) is 29.5 Å². The maximum absolute atomic E-state index is 11.8. The van der Waals surface area contributed by atoms with Crippen molar-refractivity contribution in [2.45, 2.75) is 19.0 Å². The second-order valence-electron chi connectivity index (χ2n) is 4.84. The molecule has 0 aliphatic heterocycles. The number of nitrogens with one attached hydrogen (secondary N) is 2. The molecule has 23 heavy (non-hydrogen) atoms. The summed E-state index contributed by atoms with van der Waals surface area (Å²) in [5, 5.41) is 13.7. The molecular formula is C15H19N5O2S. The molecule has 0 aliphatic rings. The first-order valence-corrected chi connectivity index (χ1v) is 8.22. The molecule has 0 unspecified atom stereocenters. The predicted molar refractivity (Wildman–Crippen MR) is 88.5 cm³/mol. The Morgan fingerprint density at radius 2 is 1.91 bits per heavy atom. The molecule has 0 saturated carbocycles.